The molecule has 1 aromatic carbocycles. The van der Waals surface area contributed by atoms with Gasteiger partial charge in [0, 0.05) is 10.6 Å². The number of hydrazone groups is 1. The molecule has 1 aromatic heterocycles. The summed E-state index contributed by atoms with van der Waals surface area (Å²) in [5, 5.41) is 8.57. The average Bonchev–Trinajstić information content (AvgIpc) is 2.78. The van der Waals surface area contributed by atoms with E-state index in [9.17, 15) is 4.79 Å². The Bertz CT molecular complexity index is 641. The Balaban J connectivity index is 2.04. The van der Waals surface area contributed by atoms with Gasteiger partial charge in [0.25, 0.3) is 5.91 Å². The van der Waals surface area contributed by atoms with E-state index < -0.39 is 0 Å². The summed E-state index contributed by atoms with van der Waals surface area (Å²) < 4.78 is 3.68. The van der Waals surface area contributed by atoms with Crippen molar-refractivity contribution in [2.75, 3.05) is 0 Å². The lowest BCUT2D eigenvalue weighted by Crippen LogP contribution is -2.17. The van der Waals surface area contributed by atoms with Gasteiger partial charge in [0.05, 0.1) is 16.9 Å². The molecule has 0 aliphatic rings. The number of carbonyl (C=O) groups is 1. The Kier molecular flexibility index (Phi) is 4.47. The van der Waals surface area contributed by atoms with Crippen LogP contribution in [0.15, 0.2) is 23.3 Å². The molecule has 1 heterocycles. The number of hydrogen-bond acceptors (Lipinski definition) is 5. The van der Waals surface area contributed by atoms with Crippen molar-refractivity contribution in [1.82, 2.24) is 15.0 Å². The minimum atomic E-state index is -0.353. The first-order chi connectivity index (χ1) is 9.08. The predicted octanol–water partition coefficient (Wildman–Crippen LogP) is 2.92. The zero-order chi connectivity index (χ0) is 13.8. The third-order valence-corrected chi connectivity index (χ3v) is 3.58. The first-order valence-corrected chi connectivity index (χ1v) is 6.68. The largest absolute Gasteiger partial charge is 0.285 e. The second-order valence-electron chi connectivity index (χ2n) is 3.55. The molecule has 19 heavy (non-hydrogen) atoms. The number of rotatable bonds is 3. The number of aryl methyl sites for hydroxylation is 1. The lowest BCUT2D eigenvalue weighted by atomic mass is 10.2. The monoisotopic (exact) mass is 314 g/mol. The summed E-state index contributed by atoms with van der Waals surface area (Å²) in [5.74, 6) is -0.353. The van der Waals surface area contributed by atoms with Crippen molar-refractivity contribution in [3.8, 4) is 0 Å². The van der Waals surface area contributed by atoms with Gasteiger partial charge in [-0.1, -0.05) is 33.8 Å². The molecule has 2 rings (SSSR count). The van der Waals surface area contributed by atoms with Crippen LogP contribution in [0, 0.1) is 6.92 Å². The third kappa shape index (κ3) is 3.50. The molecule has 0 unspecified atom stereocenters. The van der Waals surface area contributed by atoms with E-state index >= 15 is 0 Å². The van der Waals surface area contributed by atoms with Crippen molar-refractivity contribution < 1.29 is 4.79 Å². The topological polar surface area (TPSA) is 67.2 Å². The van der Waals surface area contributed by atoms with Gasteiger partial charge in [-0.05, 0) is 30.6 Å². The van der Waals surface area contributed by atoms with Crippen LogP contribution in [-0.4, -0.2) is 21.7 Å². The molecule has 0 radical (unpaired) electrons. The van der Waals surface area contributed by atoms with Crippen LogP contribution in [-0.2, 0) is 0 Å². The van der Waals surface area contributed by atoms with E-state index in [1.807, 2.05) is 0 Å². The van der Waals surface area contributed by atoms with E-state index in [0.29, 0.717) is 26.2 Å². The first kappa shape index (κ1) is 13.9. The van der Waals surface area contributed by atoms with Gasteiger partial charge in [-0.2, -0.15) is 5.10 Å². The van der Waals surface area contributed by atoms with Crippen LogP contribution >= 0.6 is 34.7 Å². The fourth-order valence-corrected chi connectivity index (χ4v) is 2.26. The Labute approximate surface area is 123 Å². The number of nitrogens with zero attached hydrogens (tertiary/aromatic N) is 3. The highest BCUT2D eigenvalue weighted by Crippen LogP contribution is 2.19. The maximum Gasteiger partial charge on any atom is 0.285 e. The number of nitrogens with one attached hydrogen (secondary N) is 1. The molecule has 1 N–H and O–H groups in total. The number of hydrogen-bond donors (Lipinski definition) is 1. The molecular weight excluding hydrogens is 307 g/mol. The van der Waals surface area contributed by atoms with E-state index in [2.05, 4.69) is 20.1 Å². The molecular formula is C11H8Cl2N4OS. The van der Waals surface area contributed by atoms with Gasteiger partial charge in [-0.25, -0.2) is 5.43 Å². The molecule has 0 saturated heterocycles. The lowest BCUT2D eigenvalue weighted by molar-refractivity contribution is 0.0958. The smallest absolute Gasteiger partial charge is 0.266 e. The molecule has 8 heteroatoms. The van der Waals surface area contributed by atoms with Crippen LogP contribution in [0.5, 0.6) is 0 Å². The number of carbonyl (C=O) groups excluding carboxylic acids is 1. The molecule has 0 fully saturated rings. The summed E-state index contributed by atoms with van der Waals surface area (Å²) in [6, 6.07) is 5.00. The fourth-order valence-electron chi connectivity index (χ4n) is 1.26. The van der Waals surface area contributed by atoms with Gasteiger partial charge in [-0.15, -0.1) is 5.10 Å². The van der Waals surface area contributed by atoms with Gasteiger partial charge in [0.2, 0.25) is 0 Å². The predicted molar refractivity (Wildman–Crippen MR) is 76.2 cm³/mol. The molecule has 0 atom stereocenters. The summed E-state index contributed by atoms with van der Waals surface area (Å²) in [4.78, 5) is 12.1. The summed E-state index contributed by atoms with van der Waals surface area (Å²) in [5.41, 5.74) is 3.61. The van der Waals surface area contributed by atoms with Gasteiger partial charge in [0.1, 0.15) is 4.88 Å². The van der Waals surface area contributed by atoms with Crippen LogP contribution in [0.3, 0.4) is 0 Å². The maximum atomic E-state index is 11.7. The van der Waals surface area contributed by atoms with Crippen LogP contribution in [0.25, 0.3) is 0 Å². The van der Waals surface area contributed by atoms with E-state index in [1.165, 1.54) is 6.21 Å². The van der Waals surface area contributed by atoms with E-state index in [-0.39, 0.29) is 5.91 Å². The molecule has 2 aromatic rings. The van der Waals surface area contributed by atoms with Gasteiger partial charge in [0.15, 0.2) is 0 Å². The zero-order valence-electron chi connectivity index (χ0n) is 9.72. The standard InChI is InChI=1S/C11H8Cl2N4OS/c1-6-10(19-17-15-6)11(18)16-14-5-7-2-3-8(12)4-9(7)13/h2-5H,1H3,(H,16,18)/b14-5+. The van der Waals surface area contributed by atoms with Crippen molar-refractivity contribution in [3.05, 3.63) is 44.4 Å². The Morgan fingerprint density at radius 2 is 2.26 bits per heavy atom. The van der Waals surface area contributed by atoms with Crippen molar-refractivity contribution in [2.45, 2.75) is 6.92 Å². The second-order valence-corrected chi connectivity index (χ2v) is 5.15. The molecule has 0 spiro atoms. The van der Waals surface area contributed by atoms with E-state index in [1.54, 1.807) is 25.1 Å². The van der Waals surface area contributed by atoms with Crippen LogP contribution in [0.1, 0.15) is 20.9 Å². The highest BCUT2D eigenvalue weighted by Gasteiger charge is 2.11. The maximum absolute atomic E-state index is 11.7. The third-order valence-electron chi connectivity index (χ3n) is 2.19. The van der Waals surface area contributed by atoms with Crippen molar-refractivity contribution in [2.24, 2.45) is 5.10 Å². The van der Waals surface area contributed by atoms with Crippen LogP contribution < -0.4 is 5.43 Å². The van der Waals surface area contributed by atoms with E-state index in [0.717, 1.165) is 11.5 Å². The Morgan fingerprint density at radius 3 is 2.89 bits per heavy atom. The fraction of sp³-hybridized carbons (Fsp3) is 0.0909. The molecule has 0 aliphatic carbocycles. The molecule has 1 amide bonds. The first-order valence-electron chi connectivity index (χ1n) is 5.15. The van der Waals surface area contributed by atoms with Crippen molar-refractivity contribution in [1.29, 1.82) is 0 Å². The Hall–Kier alpha value is -1.50. The Morgan fingerprint density at radius 1 is 1.47 bits per heavy atom. The number of halogens is 2. The summed E-state index contributed by atoms with van der Waals surface area (Å²) in [7, 11) is 0. The van der Waals surface area contributed by atoms with E-state index in [4.69, 9.17) is 23.2 Å². The van der Waals surface area contributed by atoms with Crippen molar-refractivity contribution >= 4 is 46.9 Å². The highest BCUT2D eigenvalue weighted by molar-refractivity contribution is 7.07. The minimum Gasteiger partial charge on any atom is -0.266 e. The molecule has 5 nitrogen and oxygen atoms in total. The minimum absolute atomic E-state index is 0.353. The normalized spacial score (nSPS) is 10.9. The quantitative estimate of drug-likeness (QED) is 0.699. The summed E-state index contributed by atoms with van der Waals surface area (Å²) in [6.45, 7) is 1.71. The zero-order valence-corrected chi connectivity index (χ0v) is 12.1. The molecule has 0 aliphatic heterocycles. The number of aromatic nitrogens is 2. The highest BCUT2D eigenvalue weighted by atomic mass is 35.5. The molecule has 0 bridgehead atoms. The van der Waals surface area contributed by atoms with Gasteiger partial charge < -0.3 is 0 Å². The van der Waals surface area contributed by atoms with Crippen LogP contribution in [0.2, 0.25) is 10.0 Å². The number of benzene rings is 1. The van der Waals surface area contributed by atoms with Crippen molar-refractivity contribution in [3.63, 3.8) is 0 Å². The second kappa shape index (κ2) is 6.10. The average molecular weight is 315 g/mol. The molecule has 98 valence electrons. The summed E-state index contributed by atoms with van der Waals surface area (Å²) >= 11 is 12.8. The van der Waals surface area contributed by atoms with Gasteiger partial charge in [-0.3, -0.25) is 4.79 Å². The summed E-state index contributed by atoms with van der Waals surface area (Å²) in [6.07, 6.45) is 1.44. The number of amides is 1. The van der Waals surface area contributed by atoms with Gasteiger partial charge >= 0.3 is 0 Å². The lowest BCUT2D eigenvalue weighted by Gasteiger charge is -1.99. The molecule has 0 saturated carbocycles. The van der Waals surface area contributed by atoms with Crippen LogP contribution in [0.4, 0.5) is 0 Å². The SMILES string of the molecule is Cc1nnsc1C(=O)N/N=C/c1ccc(Cl)cc1Cl.